The van der Waals surface area contributed by atoms with Crippen molar-refractivity contribution in [3.8, 4) is 0 Å². The van der Waals surface area contributed by atoms with E-state index in [4.69, 9.17) is 0 Å². The molecule has 0 saturated heterocycles. The van der Waals surface area contributed by atoms with E-state index in [1.54, 1.807) is 0 Å². The molecule has 0 rings (SSSR count). The third-order valence-electron chi connectivity index (χ3n) is 1.64. The Kier molecular flexibility index (Phi) is 8.72. The smallest absolute Gasteiger partial charge is 0.305 e. The fourth-order valence-electron chi connectivity index (χ4n) is 0.963. The lowest BCUT2D eigenvalue weighted by atomic mass is 10.2. The van der Waals surface area contributed by atoms with E-state index in [-0.39, 0.29) is 12.8 Å². The van der Waals surface area contributed by atoms with Crippen molar-refractivity contribution in [2.75, 3.05) is 17.2 Å². The van der Waals surface area contributed by atoms with Gasteiger partial charge in [0.15, 0.2) is 0 Å². The van der Waals surface area contributed by atoms with Crippen LogP contribution in [0.2, 0.25) is 0 Å². The van der Waals surface area contributed by atoms with Crippen LogP contribution in [0.1, 0.15) is 32.6 Å². The molecular formula is C8H17FIO2P. The summed E-state index contributed by atoms with van der Waals surface area (Å²) in [6, 6.07) is 0. The maximum absolute atomic E-state index is 13.0. The SMILES string of the molecule is CCCCCCP(=O)(F)OCCI. The lowest BCUT2D eigenvalue weighted by Gasteiger charge is -2.07. The molecule has 0 aliphatic carbocycles. The fraction of sp³-hybridized carbons (Fsp3) is 1.00. The Morgan fingerprint density at radius 3 is 2.62 bits per heavy atom. The third-order valence-corrected chi connectivity index (χ3v) is 3.50. The summed E-state index contributed by atoms with van der Waals surface area (Å²) in [6.45, 7) is 2.34. The predicted molar refractivity (Wildman–Crippen MR) is 62.6 cm³/mol. The Hall–Kier alpha value is 0.850. The molecule has 0 spiro atoms. The van der Waals surface area contributed by atoms with E-state index in [9.17, 15) is 8.76 Å². The van der Waals surface area contributed by atoms with Crippen LogP contribution in [0.5, 0.6) is 0 Å². The van der Waals surface area contributed by atoms with E-state index < -0.39 is 7.68 Å². The van der Waals surface area contributed by atoms with Gasteiger partial charge in [0.1, 0.15) is 0 Å². The Labute approximate surface area is 93.3 Å². The van der Waals surface area contributed by atoms with Gasteiger partial charge in [0.05, 0.1) is 12.8 Å². The first-order valence-corrected chi connectivity index (χ1v) is 7.84. The van der Waals surface area contributed by atoms with E-state index >= 15 is 0 Å². The van der Waals surface area contributed by atoms with Gasteiger partial charge in [-0.1, -0.05) is 48.8 Å². The Bertz CT molecular complexity index is 166. The van der Waals surface area contributed by atoms with Crippen LogP contribution in [0, 0.1) is 0 Å². The van der Waals surface area contributed by atoms with Crippen LogP contribution in [0.15, 0.2) is 0 Å². The normalized spacial score (nSPS) is 15.6. The molecule has 0 radical (unpaired) electrons. The highest BCUT2D eigenvalue weighted by molar-refractivity contribution is 14.1. The Morgan fingerprint density at radius 2 is 2.08 bits per heavy atom. The van der Waals surface area contributed by atoms with Crippen molar-refractivity contribution in [2.24, 2.45) is 0 Å². The molecule has 0 aliphatic heterocycles. The van der Waals surface area contributed by atoms with Crippen molar-refractivity contribution < 1.29 is 13.3 Å². The summed E-state index contributed by atoms with van der Waals surface area (Å²) in [7, 11) is -3.75. The second-order valence-electron chi connectivity index (χ2n) is 2.90. The molecular weight excluding hydrogens is 305 g/mol. The number of halogens is 2. The zero-order valence-electron chi connectivity index (χ0n) is 7.97. The summed E-state index contributed by atoms with van der Waals surface area (Å²) in [6.07, 6.45) is 3.88. The van der Waals surface area contributed by atoms with Gasteiger partial charge in [0.25, 0.3) is 0 Å². The summed E-state index contributed by atoms with van der Waals surface area (Å²) in [5, 5.41) is 0. The maximum Gasteiger partial charge on any atom is 0.367 e. The summed E-state index contributed by atoms with van der Waals surface area (Å²) < 4.78 is 29.4. The highest BCUT2D eigenvalue weighted by atomic mass is 127. The van der Waals surface area contributed by atoms with E-state index in [2.05, 4.69) is 34.0 Å². The minimum Gasteiger partial charge on any atom is -0.305 e. The van der Waals surface area contributed by atoms with Gasteiger partial charge in [-0.25, -0.2) is 0 Å². The molecule has 0 heterocycles. The molecule has 80 valence electrons. The first-order valence-electron chi connectivity index (χ1n) is 4.61. The molecule has 5 heteroatoms. The van der Waals surface area contributed by atoms with Crippen LogP contribution in [-0.4, -0.2) is 17.2 Å². The highest BCUT2D eigenvalue weighted by Gasteiger charge is 2.20. The molecule has 1 atom stereocenters. The molecule has 2 nitrogen and oxygen atoms in total. The first-order chi connectivity index (χ1) is 6.12. The molecule has 0 amide bonds. The molecule has 0 bridgehead atoms. The lowest BCUT2D eigenvalue weighted by molar-refractivity contribution is 0.307. The minimum absolute atomic E-state index is 0.0869. The van der Waals surface area contributed by atoms with Gasteiger partial charge in [-0.2, -0.15) is 4.20 Å². The van der Waals surface area contributed by atoms with E-state index in [0.717, 1.165) is 19.3 Å². The fourth-order valence-corrected chi connectivity index (χ4v) is 2.63. The number of alkyl halides is 1. The Morgan fingerprint density at radius 1 is 1.38 bits per heavy atom. The standard InChI is InChI=1S/C8H17FIO2P/c1-2-3-4-5-8-13(9,11)12-7-6-10/h2-8H2,1H3. The number of rotatable bonds is 8. The number of hydrogen-bond acceptors (Lipinski definition) is 2. The van der Waals surface area contributed by atoms with Crippen LogP contribution in [0.3, 0.4) is 0 Å². The third kappa shape index (κ3) is 9.16. The van der Waals surface area contributed by atoms with Crippen molar-refractivity contribution in [1.82, 2.24) is 0 Å². The van der Waals surface area contributed by atoms with Gasteiger partial charge >= 0.3 is 7.68 Å². The van der Waals surface area contributed by atoms with Crippen LogP contribution in [0.25, 0.3) is 0 Å². The highest BCUT2D eigenvalue weighted by Crippen LogP contribution is 2.49. The molecule has 0 aromatic heterocycles. The lowest BCUT2D eigenvalue weighted by Crippen LogP contribution is -1.94. The molecule has 0 fully saturated rings. The summed E-state index contributed by atoms with van der Waals surface area (Å²) in [4.78, 5) is 0. The summed E-state index contributed by atoms with van der Waals surface area (Å²) >= 11 is 2.07. The Balaban J connectivity index is 3.45. The summed E-state index contributed by atoms with van der Waals surface area (Å²) in [5.74, 6) is 0. The van der Waals surface area contributed by atoms with Crippen LogP contribution < -0.4 is 0 Å². The van der Waals surface area contributed by atoms with Crippen molar-refractivity contribution in [3.63, 3.8) is 0 Å². The van der Waals surface area contributed by atoms with E-state index in [0.29, 0.717) is 10.8 Å². The van der Waals surface area contributed by atoms with Crippen LogP contribution in [-0.2, 0) is 9.09 Å². The summed E-state index contributed by atoms with van der Waals surface area (Å²) in [5.41, 5.74) is 0. The molecule has 1 unspecified atom stereocenters. The van der Waals surface area contributed by atoms with E-state index in [1.165, 1.54) is 0 Å². The average molecular weight is 322 g/mol. The topological polar surface area (TPSA) is 26.3 Å². The monoisotopic (exact) mass is 322 g/mol. The van der Waals surface area contributed by atoms with Crippen LogP contribution in [0.4, 0.5) is 4.20 Å². The molecule has 0 aromatic rings. The molecule has 0 N–H and O–H groups in total. The molecule has 0 saturated carbocycles. The van der Waals surface area contributed by atoms with Crippen molar-refractivity contribution in [2.45, 2.75) is 32.6 Å². The average Bonchev–Trinajstić information content (AvgIpc) is 2.09. The largest absolute Gasteiger partial charge is 0.367 e. The molecule has 0 aromatic carbocycles. The van der Waals surface area contributed by atoms with Gasteiger partial charge in [0.2, 0.25) is 0 Å². The second kappa shape index (κ2) is 8.18. The zero-order chi connectivity index (χ0) is 10.2. The second-order valence-corrected chi connectivity index (χ2v) is 5.86. The van der Waals surface area contributed by atoms with Crippen molar-refractivity contribution in [1.29, 1.82) is 0 Å². The van der Waals surface area contributed by atoms with Crippen molar-refractivity contribution >= 4 is 30.3 Å². The van der Waals surface area contributed by atoms with Gasteiger partial charge < -0.3 is 4.52 Å². The first kappa shape index (κ1) is 13.8. The molecule has 0 aliphatic rings. The van der Waals surface area contributed by atoms with Gasteiger partial charge in [-0.15, -0.1) is 0 Å². The zero-order valence-corrected chi connectivity index (χ0v) is 11.0. The number of hydrogen-bond donors (Lipinski definition) is 0. The van der Waals surface area contributed by atoms with Crippen molar-refractivity contribution in [3.05, 3.63) is 0 Å². The van der Waals surface area contributed by atoms with Gasteiger partial charge in [-0.3, -0.25) is 4.57 Å². The predicted octanol–water partition coefficient (Wildman–Crippen LogP) is 4.18. The maximum atomic E-state index is 13.0. The van der Waals surface area contributed by atoms with Crippen LogP contribution >= 0.6 is 30.3 Å². The van der Waals surface area contributed by atoms with E-state index in [1.807, 2.05) is 0 Å². The quantitative estimate of drug-likeness (QED) is 0.290. The van der Waals surface area contributed by atoms with Gasteiger partial charge in [-0.05, 0) is 6.42 Å². The van der Waals surface area contributed by atoms with Gasteiger partial charge in [0, 0.05) is 4.43 Å². The minimum atomic E-state index is -3.75. The number of unbranched alkanes of at least 4 members (excludes halogenated alkanes) is 3. The molecule has 13 heavy (non-hydrogen) atoms.